The zero-order valence-corrected chi connectivity index (χ0v) is 9.20. The number of esters is 1. The number of carbonyl (C=O) groups is 1. The number of carbonyl (C=O) groups excluding carboxylic acids is 1. The first-order chi connectivity index (χ1) is 7.11. The molecule has 5 heteroatoms. The Morgan fingerprint density at radius 3 is 2.80 bits per heavy atom. The molecule has 0 aromatic carbocycles. The molecule has 15 heavy (non-hydrogen) atoms. The molecular weight excluding hydrogens is 196 g/mol. The van der Waals surface area contributed by atoms with Crippen LogP contribution in [0, 0.1) is 5.92 Å². The van der Waals surface area contributed by atoms with Crippen molar-refractivity contribution in [3.63, 3.8) is 0 Å². The molecule has 1 unspecified atom stereocenters. The van der Waals surface area contributed by atoms with Crippen molar-refractivity contribution >= 4 is 11.7 Å². The second-order valence-corrected chi connectivity index (χ2v) is 3.36. The molecule has 0 bridgehead atoms. The molecule has 84 valence electrons. The van der Waals surface area contributed by atoms with E-state index >= 15 is 0 Å². The zero-order chi connectivity index (χ0) is 11.4. The minimum atomic E-state index is -0.393. The molecule has 0 aliphatic carbocycles. The third-order valence-corrected chi connectivity index (χ3v) is 2.33. The fourth-order valence-electron chi connectivity index (χ4n) is 1.51. The fourth-order valence-corrected chi connectivity index (χ4v) is 1.51. The standard InChI is InChI=1S/C10H16N2O3/c1-4-15-10(14)9-7(3)12-11-6(2)8(9)5-13/h8,12-13H,4-5H2,1-3H3. The van der Waals surface area contributed by atoms with Crippen LogP contribution in [0.5, 0.6) is 0 Å². The quantitative estimate of drug-likeness (QED) is 0.665. The van der Waals surface area contributed by atoms with Crippen molar-refractivity contribution in [3.8, 4) is 0 Å². The van der Waals surface area contributed by atoms with Crippen LogP contribution in [0.1, 0.15) is 20.8 Å². The summed E-state index contributed by atoms with van der Waals surface area (Å²) in [6, 6.07) is 0. The van der Waals surface area contributed by atoms with Gasteiger partial charge in [0.1, 0.15) is 0 Å². The number of hydrogen-bond acceptors (Lipinski definition) is 5. The number of ether oxygens (including phenoxy) is 1. The molecule has 1 aliphatic heterocycles. The van der Waals surface area contributed by atoms with Crippen molar-refractivity contribution in [1.82, 2.24) is 5.43 Å². The average Bonchev–Trinajstić information content (AvgIpc) is 2.21. The number of nitrogens with one attached hydrogen (secondary N) is 1. The Morgan fingerprint density at radius 1 is 1.60 bits per heavy atom. The fraction of sp³-hybridized carbons (Fsp3) is 0.600. The molecule has 1 aliphatic rings. The van der Waals surface area contributed by atoms with E-state index in [1.807, 2.05) is 0 Å². The molecular formula is C10H16N2O3. The Hall–Kier alpha value is -1.36. The average molecular weight is 212 g/mol. The lowest BCUT2D eigenvalue weighted by molar-refractivity contribution is -0.139. The predicted molar refractivity (Wildman–Crippen MR) is 56.2 cm³/mol. The van der Waals surface area contributed by atoms with E-state index in [9.17, 15) is 9.90 Å². The van der Waals surface area contributed by atoms with Crippen molar-refractivity contribution < 1.29 is 14.6 Å². The van der Waals surface area contributed by atoms with Gasteiger partial charge in [0, 0.05) is 11.4 Å². The van der Waals surface area contributed by atoms with E-state index in [4.69, 9.17) is 4.74 Å². The van der Waals surface area contributed by atoms with Crippen LogP contribution in [0.4, 0.5) is 0 Å². The SMILES string of the molecule is CCOC(=O)C1=C(C)NN=C(C)C1CO. The predicted octanol–water partition coefficient (Wildman–Crippen LogP) is 0.411. The van der Waals surface area contributed by atoms with E-state index in [-0.39, 0.29) is 12.5 Å². The van der Waals surface area contributed by atoms with Crippen LogP contribution in [-0.2, 0) is 9.53 Å². The number of aliphatic hydroxyl groups excluding tert-OH is 1. The number of allylic oxidation sites excluding steroid dienone is 1. The number of hydrazone groups is 1. The Bertz CT molecular complexity index is 321. The maximum Gasteiger partial charge on any atom is 0.336 e. The summed E-state index contributed by atoms with van der Waals surface area (Å²) < 4.78 is 4.93. The molecule has 0 amide bonds. The van der Waals surface area contributed by atoms with Crippen LogP contribution in [-0.4, -0.2) is 30.0 Å². The molecule has 0 radical (unpaired) electrons. The van der Waals surface area contributed by atoms with E-state index in [1.54, 1.807) is 20.8 Å². The van der Waals surface area contributed by atoms with E-state index in [0.717, 1.165) is 0 Å². The molecule has 1 atom stereocenters. The van der Waals surface area contributed by atoms with Crippen molar-refractivity contribution in [2.24, 2.45) is 11.0 Å². The first-order valence-electron chi connectivity index (χ1n) is 4.90. The summed E-state index contributed by atoms with van der Waals surface area (Å²) in [5, 5.41) is 13.2. The van der Waals surface area contributed by atoms with Crippen LogP contribution in [0.2, 0.25) is 0 Å². The van der Waals surface area contributed by atoms with Crippen LogP contribution in [0.3, 0.4) is 0 Å². The van der Waals surface area contributed by atoms with E-state index in [1.165, 1.54) is 0 Å². The number of aliphatic hydroxyl groups is 1. The molecule has 0 fully saturated rings. The maximum atomic E-state index is 11.6. The maximum absolute atomic E-state index is 11.6. The first kappa shape index (κ1) is 11.7. The van der Waals surface area contributed by atoms with Gasteiger partial charge in [-0.1, -0.05) is 0 Å². The van der Waals surface area contributed by atoms with Crippen molar-refractivity contribution in [2.75, 3.05) is 13.2 Å². The van der Waals surface area contributed by atoms with E-state index in [0.29, 0.717) is 23.6 Å². The normalized spacial score (nSPS) is 20.8. The third-order valence-electron chi connectivity index (χ3n) is 2.33. The summed E-state index contributed by atoms with van der Waals surface area (Å²) in [5.74, 6) is -0.749. The van der Waals surface area contributed by atoms with Crippen LogP contribution < -0.4 is 5.43 Å². The summed E-state index contributed by atoms with van der Waals surface area (Å²) >= 11 is 0. The summed E-state index contributed by atoms with van der Waals surface area (Å²) in [5.41, 5.74) is 4.53. The second kappa shape index (κ2) is 4.93. The van der Waals surface area contributed by atoms with Gasteiger partial charge in [-0.25, -0.2) is 4.79 Å². The lowest BCUT2D eigenvalue weighted by atomic mass is 9.93. The number of hydrogen-bond donors (Lipinski definition) is 2. The highest BCUT2D eigenvalue weighted by Crippen LogP contribution is 2.21. The summed E-state index contributed by atoms with van der Waals surface area (Å²) in [4.78, 5) is 11.6. The Labute approximate surface area is 88.8 Å². The monoisotopic (exact) mass is 212 g/mol. The van der Waals surface area contributed by atoms with E-state index in [2.05, 4.69) is 10.5 Å². The zero-order valence-electron chi connectivity index (χ0n) is 9.20. The summed E-state index contributed by atoms with van der Waals surface area (Å²) in [6.45, 7) is 5.44. The van der Waals surface area contributed by atoms with Crippen molar-refractivity contribution in [1.29, 1.82) is 0 Å². The molecule has 0 saturated carbocycles. The molecule has 0 aromatic heterocycles. The third kappa shape index (κ3) is 2.36. The van der Waals surface area contributed by atoms with Gasteiger partial charge in [-0.2, -0.15) is 5.10 Å². The molecule has 0 aromatic rings. The lowest BCUT2D eigenvalue weighted by Crippen LogP contribution is -2.32. The Kier molecular flexibility index (Phi) is 3.85. The highest BCUT2D eigenvalue weighted by Gasteiger charge is 2.29. The summed E-state index contributed by atoms with van der Waals surface area (Å²) in [7, 11) is 0. The van der Waals surface area contributed by atoms with Gasteiger partial charge >= 0.3 is 5.97 Å². The molecule has 1 heterocycles. The molecule has 5 nitrogen and oxygen atoms in total. The van der Waals surface area contributed by atoms with Crippen molar-refractivity contribution in [3.05, 3.63) is 11.3 Å². The van der Waals surface area contributed by atoms with Crippen LogP contribution in [0.15, 0.2) is 16.4 Å². The van der Waals surface area contributed by atoms with Gasteiger partial charge < -0.3 is 9.84 Å². The Balaban J connectivity index is 2.95. The molecule has 0 spiro atoms. The van der Waals surface area contributed by atoms with Crippen molar-refractivity contribution in [2.45, 2.75) is 20.8 Å². The van der Waals surface area contributed by atoms with Gasteiger partial charge in [-0.3, -0.25) is 5.43 Å². The molecule has 1 rings (SSSR count). The Morgan fingerprint density at radius 2 is 2.27 bits per heavy atom. The highest BCUT2D eigenvalue weighted by atomic mass is 16.5. The number of rotatable bonds is 3. The summed E-state index contributed by atoms with van der Waals surface area (Å²) in [6.07, 6.45) is 0. The van der Waals surface area contributed by atoms with Gasteiger partial charge in [-0.15, -0.1) is 0 Å². The van der Waals surface area contributed by atoms with Gasteiger partial charge in [0.15, 0.2) is 0 Å². The first-order valence-corrected chi connectivity index (χ1v) is 4.90. The van der Waals surface area contributed by atoms with Gasteiger partial charge in [-0.05, 0) is 20.8 Å². The minimum absolute atomic E-state index is 0.136. The highest BCUT2D eigenvalue weighted by molar-refractivity contribution is 6.00. The minimum Gasteiger partial charge on any atom is -0.463 e. The van der Waals surface area contributed by atoms with Gasteiger partial charge in [0.05, 0.1) is 24.7 Å². The van der Waals surface area contributed by atoms with Gasteiger partial charge in [0.2, 0.25) is 0 Å². The van der Waals surface area contributed by atoms with Crippen LogP contribution >= 0.6 is 0 Å². The van der Waals surface area contributed by atoms with E-state index < -0.39 is 5.97 Å². The van der Waals surface area contributed by atoms with Crippen LogP contribution in [0.25, 0.3) is 0 Å². The smallest absolute Gasteiger partial charge is 0.336 e. The molecule has 2 N–H and O–H groups in total. The molecule has 0 saturated heterocycles. The van der Waals surface area contributed by atoms with Gasteiger partial charge in [0.25, 0.3) is 0 Å². The largest absolute Gasteiger partial charge is 0.463 e. The number of nitrogens with zero attached hydrogens (tertiary/aromatic N) is 1. The lowest BCUT2D eigenvalue weighted by Gasteiger charge is -2.23. The topological polar surface area (TPSA) is 70.9 Å². The second-order valence-electron chi connectivity index (χ2n) is 3.36.